The third-order valence-corrected chi connectivity index (χ3v) is 3.90. The molecular formula is C20H9F5O2. The Hall–Kier alpha value is -3.40. The van der Waals surface area contributed by atoms with Crippen molar-refractivity contribution in [2.24, 2.45) is 0 Å². The van der Waals surface area contributed by atoms with E-state index in [9.17, 15) is 26.7 Å². The highest BCUT2D eigenvalue weighted by Crippen LogP contribution is 2.29. The van der Waals surface area contributed by atoms with E-state index < -0.39 is 46.7 Å². The van der Waals surface area contributed by atoms with Crippen molar-refractivity contribution in [1.29, 1.82) is 0 Å². The lowest BCUT2D eigenvalue weighted by Gasteiger charge is -2.16. The number of halogens is 5. The Morgan fingerprint density at radius 3 is 2.04 bits per heavy atom. The number of rotatable bonds is 3. The molecule has 0 aliphatic rings. The average molecular weight is 376 g/mol. The number of hydrogen-bond acceptors (Lipinski definition) is 2. The van der Waals surface area contributed by atoms with Crippen molar-refractivity contribution in [3.05, 3.63) is 82.7 Å². The van der Waals surface area contributed by atoms with Crippen LogP contribution < -0.4 is 0 Å². The largest absolute Gasteiger partial charge is 0.440 e. The molecule has 7 heteroatoms. The van der Waals surface area contributed by atoms with Crippen LogP contribution in [0.4, 0.5) is 22.0 Å². The van der Waals surface area contributed by atoms with E-state index in [0.717, 1.165) is 5.39 Å². The van der Waals surface area contributed by atoms with Gasteiger partial charge in [-0.15, -0.1) is 6.42 Å². The molecule has 27 heavy (non-hydrogen) atoms. The van der Waals surface area contributed by atoms with E-state index >= 15 is 0 Å². The predicted octanol–water partition coefficient (Wildman–Crippen LogP) is 5.07. The van der Waals surface area contributed by atoms with Gasteiger partial charge in [-0.2, -0.15) is 0 Å². The molecule has 0 heterocycles. The standard InChI is InChI=1S/C20H9F5O2/c1-2-13(12-9-5-7-10-6-3-4-8-11(10)12)27-20(26)14-15(21)17(23)19(25)18(24)16(14)22/h1,3-9,13H. The van der Waals surface area contributed by atoms with Gasteiger partial charge in [0.1, 0.15) is 5.56 Å². The highest BCUT2D eigenvalue weighted by atomic mass is 19.2. The first kappa shape index (κ1) is 18.4. The first-order valence-corrected chi connectivity index (χ1v) is 7.53. The number of hydrogen-bond donors (Lipinski definition) is 0. The van der Waals surface area contributed by atoms with Gasteiger partial charge in [0.2, 0.25) is 5.82 Å². The van der Waals surface area contributed by atoms with Gasteiger partial charge < -0.3 is 4.74 Å². The highest BCUT2D eigenvalue weighted by molar-refractivity contribution is 5.91. The number of ether oxygens (including phenoxy) is 1. The second-order valence-electron chi connectivity index (χ2n) is 5.47. The van der Waals surface area contributed by atoms with Crippen LogP contribution in [0.3, 0.4) is 0 Å². The normalized spacial score (nSPS) is 11.9. The van der Waals surface area contributed by atoms with E-state index in [1.54, 1.807) is 36.4 Å². The van der Waals surface area contributed by atoms with Crippen LogP contribution in [0.25, 0.3) is 10.8 Å². The zero-order chi connectivity index (χ0) is 19.7. The smallest absolute Gasteiger partial charge is 0.345 e. The van der Waals surface area contributed by atoms with Crippen LogP contribution in [0, 0.1) is 41.4 Å². The zero-order valence-electron chi connectivity index (χ0n) is 13.4. The topological polar surface area (TPSA) is 26.3 Å². The zero-order valence-corrected chi connectivity index (χ0v) is 13.4. The third kappa shape index (κ3) is 3.10. The minimum atomic E-state index is -2.37. The Kier molecular flexibility index (Phi) is 4.82. The van der Waals surface area contributed by atoms with Gasteiger partial charge in [-0.25, -0.2) is 26.7 Å². The summed E-state index contributed by atoms with van der Waals surface area (Å²) in [6.45, 7) is 0. The Labute approximate surface area is 150 Å². The van der Waals surface area contributed by atoms with Crippen LogP contribution >= 0.6 is 0 Å². The molecule has 0 amide bonds. The summed E-state index contributed by atoms with van der Waals surface area (Å²) < 4.78 is 72.2. The van der Waals surface area contributed by atoms with Crippen molar-refractivity contribution < 1.29 is 31.5 Å². The lowest BCUT2D eigenvalue weighted by Crippen LogP contribution is -2.17. The van der Waals surface area contributed by atoms with Crippen LogP contribution in [-0.4, -0.2) is 5.97 Å². The molecule has 0 fully saturated rings. The summed E-state index contributed by atoms with van der Waals surface area (Å²) >= 11 is 0. The summed E-state index contributed by atoms with van der Waals surface area (Å²) in [5, 5.41) is 1.36. The van der Waals surface area contributed by atoms with Gasteiger partial charge in [0.05, 0.1) is 0 Å². The van der Waals surface area contributed by atoms with Crippen molar-refractivity contribution in [3.63, 3.8) is 0 Å². The van der Waals surface area contributed by atoms with Crippen molar-refractivity contribution in [2.45, 2.75) is 6.10 Å². The Balaban J connectivity index is 2.04. The van der Waals surface area contributed by atoms with Crippen molar-refractivity contribution in [3.8, 4) is 12.3 Å². The second-order valence-corrected chi connectivity index (χ2v) is 5.47. The molecule has 0 spiro atoms. The number of benzene rings is 3. The summed E-state index contributed by atoms with van der Waals surface area (Å²) in [5.41, 5.74) is -1.38. The number of terminal acetylenes is 1. The Morgan fingerprint density at radius 2 is 1.41 bits per heavy atom. The molecule has 0 radical (unpaired) electrons. The van der Waals surface area contributed by atoms with E-state index in [-0.39, 0.29) is 0 Å². The minimum Gasteiger partial charge on any atom is -0.440 e. The monoisotopic (exact) mass is 376 g/mol. The maximum atomic E-state index is 13.8. The molecular weight excluding hydrogens is 367 g/mol. The van der Waals surface area contributed by atoms with Gasteiger partial charge in [-0.1, -0.05) is 48.4 Å². The SMILES string of the molecule is C#CC(OC(=O)c1c(F)c(F)c(F)c(F)c1F)c1cccc2ccccc12. The van der Waals surface area contributed by atoms with E-state index in [2.05, 4.69) is 5.92 Å². The van der Waals surface area contributed by atoms with E-state index in [1.165, 1.54) is 6.07 Å². The summed E-state index contributed by atoms with van der Waals surface area (Å²) in [6, 6.07) is 11.8. The predicted molar refractivity (Wildman–Crippen MR) is 87.2 cm³/mol. The van der Waals surface area contributed by atoms with Crippen molar-refractivity contribution in [1.82, 2.24) is 0 Å². The van der Waals surface area contributed by atoms with Gasteiger partial charge in [0, 0.05) is 5.56 Å². The van der Waals surface area contributed by atoms with Crippen LogP contribution in [-0.2, 0) is 4.74 Å². The Morgan fingerprint density at radius 1 is 0.852 bits per heavy atom. The highest BCUT2D eigenvalue weighted by Gasteiger charge is 2.32. The fourth-order valence-corrected chi connectivity index (χ4v) is 2.62. The van der Waals surface area contributed by atoms with Crippen molar-refractivity contribution >= 4 is 16.7 Å². The van der Waals surface area contributed by atoms with Gasteiger partial charge in [0.25, 0.3) is 0 Å². The molecule has 0 aliphatic heterocycles. The fourth-order valence-electron chi connectivity index (χ4n) is 2.62. The molecule has 1 unspecified atom stereocenters. The summed E-state index contributed by atoms with van der Waals surface area (Å²) in [7, 11) is 0. The maximum absolute atomic E-state index is 13.8. The molecule has 3 aromatic carbocycles. The number of fused-ring (bicyclic) bond motifs is 1. The fraction of sp³-hybridized carbons (Fsp3) is 0.0500. The molecule has 0 saturated heterocycles. The number of carbonyl (C=O) groups excluding carboxylic acids is 1. The lowest BCUT2D eigenvalue weighted by atomic mass is 10.0. The number of carbonyl (C=O) groups is 1. The molecule has 136 valence electrons. The van der Waals surface area contributed by atoms with E-state index in [4.69, 9.17) is 11.2 Å². The van der Waals surface area contributed by atoms with Gasteiger partial charge in [-0.3, -0.25) is 0 Å². The van der Waals surface area contributed by atoms with Gasteiger partial charge in [0.15, 0.2) is 29.4 Å². The van der Waals surface area contributed by atoms with Crippen LogP contribution in [0.15, 0.2) is 42.5 Å². The maximum Gasteiger partial charge on any atom is 0.345 e. The van der Waals surface area contributed by atoms with Gasteiger partial charge >= 0.3 is 5.97 Å². The number of esters is 1. The molecule has 0 aliphatic carbocycles. The summed E-state index contributed by atoms with van der Waals surface area (Å²) in [4.78, 5) is 12.1. The molecule has 3 aromatic rings. The molecule has 0 saturated carbocycles. The second kappa shape index (κ2) is 7.08. The lowest BCUT2D eigenvalue weighted by molar-refractivity contribution is 0.0395. The van der Waals surface area contributed by atoms with Gasteiger partial charge in [-0.05, 0) is 10.8 Å². The molecule has 0 bridgehead atoms. The van der Waals surface area contributed by atoms with E-state index in [0.29, 0.717) is 10.9 Å². The van der Waals surface area contributed by atoms with E-state index in [1.807, 2.05) is 0 Å². The first-order valence-electron chi connectivity index (χ1n) is 7.53. The average Bonchev–Trinajstić information content (AvgIpc) is 2.68. The quantitative estimate of drug-likeness (QED) is 0.210. The minimum absolute atomic E-state index is 0.327. The van der Waals surface area contributed by atoms with Crippen LogP contribution in [0.1, 0.15) is 22.0 Å². The molecule has 1 atom stereocenters. The van der Waals surface area contributed by atoms with Crippen LogP contribution in [0.2, 0.25) is 0 Å². The van der Waals surface area contributed by atoms with Crippen molar-refractivity contribution in [2.75, 3.05) is 0 Å². The Bertz CT molecular complexity index is 1070. The molecule has 0 N–H and O–H groups in total. The molecule has 2 nitrogen and oxygen atoms in total. The first-order chi connectivity index (χ1) is 12.9. The molecule has 0 aromatic heterocycles. The summed E-state index contributed by atoms with van der Waals surface area (Å²) in [6.07, 6.45) is 3.96. The third-order valence-electron chi connectivity index (χ3n) is 3.90. The summed E-state index contributed by atoms with van der Waals surface area (Å²) in [5.74, 6) is -11.1. The molecule has 3 rings (SSSR count). The van der Waals surface area contributed by atoms with Crippen LogP contribution in [0.5, 0.6) is 0 Å².